The summed E-state index contributed by atoms with van der Waals surface area (Å²) in [4.78, 5) is 22.3. The van der Waals surface area contributed by atoms with Gasteiger partial charge in [-0.15, -0.1) is 0 Å². The van der Waals surface area contributed by atoms with Gasteiger partial charge in [0.15, 0.2) is 0 Å². The minimum atomic E-state index is -4.53. The minimum absolute atomic E-state index is 0.0270. The van der Waals surface area contributed by atoms with Gasteiger partial charge in [0.25, 0.3) is 15.9 Å². The van der Waals surface area contributed by atoms with E-state index < -0.39 is 38.0 Å². The van der Waals surface area contributed by atoms with Crippen LogP contribution >= 0.6 is 11.6 Å². The highest BCUT2D eigenvalue weighted by Crippen LogP contribution is 2.41. The molecule has 1 aromatic carbocycles. The molecule has 0 saturated heterocycles. The van der Waals surface area contributed by atoms with Crippen LogP contribution in [0.2, 0.25) is 5.02 Å². The summed E-state index contributed by atoms with van der Waals surface area (Å²) in [5.41, 5.74) is -1.76. The van der Waals surface area contributed by atoms with E-state index >= 15 is 0 Å². The number of hydrogen-bond donors (Lipinski definition) is 2. The lowest BCUT2D eigenvalue weighted by Gasteiger charge is -2.35. The van der Waals surface area contributed by atoms with E-state index in [2.05, 4.69) is 0 Å². The van der Waals surface area contributed by atoms with Crippen LogP contribution in [-0.2, 0) is 19.6 Å². The molecule has 2 N–H and O–H groups in total. The molecule has 0 bridgehead atoms. The predicted molar refractivity (Wildman–Crippen MR) is 70.7 cm³/mol. The van der Waals surface area contributed by atoms with E-state index in [0.717, 1.165) is 18.2 Å². The first-order chi connectivity index (χ1) is 9.69. The van der Waals surface area contributed by atoms with Crippen molar-refractivity contribution in [1.29, 1.82) is 0 Å². The van der Waals surface area contributed by atoms with E-state index in [1.807, 2.05) is 0 Å². The number of amides is 1. The van der Waals surface area contributed by atoms with Crippen LogP contribution in [0.5, 0.6) is 0 Å². The van der Waals surface area contributed by atoms with Crippen LogP contribution in [0.15, 0.2) is 23.1 Å². The standard InChI is InChI=1S/C12H11ClFNO5S/c13-7-2-3-8(14)9(6-7)21(19,20)15-10(16)12(11(17)18)4-1-5-12/h2-3,6H,1,4-5H2,(H,15,16)(H,17,18). The first-order valence-electron chi connectivity index (χ1n) is 5.95. The van der Waals surface area contributed by atoms with Gasteiger partial charge in [0.1, 0.15) is 16.1 Å². The van der Waals surface area contributed by atoms with Crippen molar-refractivity contribution >= 4 is 33.5 Å². The van der Waals surface area contributed by atoms with Gasteiger partial charge in [-0.25, -0.2) is 17.5 Å². The molecule has 1 aliphatic rings. The Morgan fingerprint density at radius 3 is 2.43 bits per heavy atom. The molecule has 1 amide bonds. The first kappa shape index (κ1) is 15.7. The van der Waals surface area contributed by atoms with Gasteiger partial charge in [0.2, 0.25) is 0 Å². The van der Waals surface area contributed by atoms with Crippen LogP contribution in [0, 0.1) is 11.2 Å². The van der Waals surface area contributed by atoms with Crippen molar-refractivity contribution in [2.24, 2.45) is 5.41 Å². The second kappa shape index (κ2) is 5.27. The van der Waals surface area contributed by atoms with Crippen LogP contribution in [0.1, 0.15) is 19.3 Å². The number of rotatable bonds is 4. The van der Waals surface area contributed by atoms with Crippen LogP contribution in [-0.4, -0.2) is 25.4 Å². The largest absolute Gasteiger partial charge is 0.480 e. The monoisotopic (exact) mass is 335 g/mol. The number of aliphatic carboxylic acids is 1. The third-order valence-corrected chi connectivity index (χ3v) is 5.04. The van der Waals surface area contributed by atoms with Crippen LogP contribution < -0.4 is 4.72 Å². The Balaban J connectivity index is 2.32. The van der Waals surface area contributed by atoms with E-state index in [1.54, 1.807) is 4.72 Å². The molecule has 0 atom stereocenters. The lowest BCUT2D eigenvalue weighted by Crippen LogP contribution is -2.52. The number of carboxylic acid groups (broad SMARTS) is 1. The molecular weight excluding hydrogens is 325 g/mol. The minimum Gasteiger partial charge on any atom is -0.480 e. The summed E-state index contributed by atoms with van der Waals surface area (Å²) < 4.78 is 39.2. The lowest BCUT2D eigenvalue weighted by atomic mass is 9.68. The second-order valence-corrected chi connectivity index (χ2v) is 6.84. The number of benzene rings is 1. The molecule has 0 heterocycles. The van der Waals surface area contributed by atoms with Gasteiger partial charge < -0.3 is 5.11 Å². The Morgan fingerprint density at radius 2 is 1.95 bits per heavy atom. The summed E-state index contributed by atoms with van der Waals surface area (Å²) in [6.45, 7) is 0. The Bertz CT molecular complexity index is 714. The fraction of sp³-hybridized carbons (Fsp3) is 0.333. The quantitative estimate of drug-likeness (QED) is 0.813. The number of halogens is 2. The van der Waals surface area contributed by atoms with E-state index in [1.165, 1.54) is 0 Å². The summed E-state index contributed by atoms with van der Waals surface area (Å²) >= 11 is 5.60. The summed E-state index contributed by atoms with van der Waals surface area (Å²) in [5.74, 6) is -3.65. The number of carbonyl (C=O) groups excluding carboxylic acids is 1. The Morgan fingerprint density at radius 1 is 1.33 bits per heavy atom. The molecule has 1 aromatic rings. The first-order valence-corrected chi connectivity index (χ1v) is 7.81. The highest BCUT2D eigenvalue weighted by atomic mass is 35.5. The number of carboxylic acids is 1. The maximum atomic E-state index is 13.6. The Hall–Kier alpha value is -1.67. The van der Waals surface area contributed by atoms with Gasteiger partial charge in [0.05, 0.1) is 0 Å². The smallest absolute Gasteiger partial charge is 0.319 e. The number of hydrogen-bond acceptors (Lipinski definition) is 4. The fourth-order valence-electron chi connectivity index (χ4n) is 2.03. The fourth-order valence-corrected chi connectivity index (χ4v) is 3.42. The average Bonchev–Trinajstić information content (AvgIpc) is 2.29. The Kier molecular flexibility index (Phi) is 3.94. The third-order valence-electron chi connectivity index (χ3n) is 3.46. The molecule has 1 aliphatic carbocycles. The van der Waals surface area contributed by atoms with E-state index in [0.29, 0.717) is 6.42 Å². The van der Waals surface area contributed by atoms with Gasteiger partial charge in [-0.1, -0.05) is 18.0 Å². The van der Waals surface area contributed by atoms with E-state index in [-0.39, 0.29) is 17.9 Å². The summed E-state index contributed by atoms with van der Waals surface area (Å²) in [6, 6.07) is 2.85. The summed E-state index contributed by atoms with van der Waals surface area (Å²) in [7, 11) is -4.53. The molecule has 1 saturated carbocycles. The number of carbonyl (C=O) groups is 2. The predicted octanol–water partition coefficient (Wildman–Crippen LogP) is 1.54. The van der Waals surface area contributed by atoms with Gasteiger partial charge in [-0.05, 0) is 31.0 Å². The van der Waals surface area contributed by atoms with Crippen molar-refractivity contribution < 1.29 is 27.5 Å². The zero-order valence-electron chi connectivity index (χ0n) is 10.6. The molecule has 6 nitrogen and oxygen atoms in total. The van der Waals surface area contributed by atoms with Gasteiger partial charge in [-0.3, -0.25) is 9.59 Å². The summed E-state index contributed by atoms with van der Waals surface area (Å²) in [5, 5.41) is 9.04. The lowest BCUT2D eigenvalue weighted by molar-refractivity contribution is -0.161. The number of sulfonamides is 1. The molecule has 114 valence electrons. The van der Waals surface area contributed by atoms with Gasteiger partial charge in [-0.2, -0.15) is 0 Å². The zero-order chi connectivity index (χ0) is 15.8. The van der Waals surface area contributed by atoms with Gasteiger partial charge in [0, 0.05) is 5.02 Å². The average molecular weight is 336 g/mol. The zero-order valence-corrected chi connectivity index (χ0v) is 12.2. The second-order valence-electron chi connectivity index (χ2n) is 4.75. The van der Waals surface area contributed by atoms with Crippen molar-refractivity contribution in [2.75, 3.05) is 0 Å². The van der Waals surface area contributed by atoms with Crippen molar-refractivity contribution in [3.8, 4) is 0 Å². The third kappa shape index (κ3) is 2.73. The molecule has 0 unspecified atom stereocenters. The molecule has 21 heavy (non-hydrogen) atoms. The molecule has 9 heteroatoms. The molecule has 0 spiro atoms. The molecule has 2 rings (SSSR count). The van der Waals surface area contributed by atoms with Gasteiger partial charge >= 0.3 is 5.97 Å². The maximum absolute atomic E-state index is 13.6. The normalized spacial score (nSPS) is 16.9. The van der Waals surface area contributed by atoms with E-state index in [9.17, 15) is 22.4 Å². The van der Waals surface area contributed by atoms with Crippen molar-refractivity contribution in [3.05, 3.63) is 29.0 Å². The van der Waals surface area contributed by atoms with Crippen LogP contribution in [0.4, 0.5) is 4.39 Å². The molecule has 1 fully saturated rings. The van der Waals surface area contributed by atoms with Crippen molar-refractivity contribution in [1.82, 2.24) is 4.72 Å². The SMILES string of the molecule is O=C(O)C1(C(=O)NS(=O)(=O)c2cc(Cl)ccc2F)CCC1. The molecule has 0 aliphatic heterocycles. The molecule has 0 aromatic heterocycles. The topological polar surface area (TPSA) is 101 Å². The summed E-state index contributed by atoms with van der Waals surface area (Å²) in [6.07, 6.45) is 0.592. The van der Waals surface area contributed by atoms with Crippen LogP contribution in [0.25, 0.3) is 0 Å². The van der Waals surface area contributed by atoms with Crippen LogP contribution in [0.3, 0.4) is 0 Å². The number of nitrogens with one attached hydrogen (secondary N) is 1. The molecular formula is C12H11ClFNO5S. The van der Waals surface area contributed by atoms with E-state index in [4.69, 9.17) is 16.7 Å². The molecule has 0 radical (unpaired) electrons. The van der Waals surface area contributed by atoms with Crippen molar-refractivity contribution in [3.63, 3.8) is 0 Å². The maximum Gasteiger partial charge on any atom is 0.319 e. The Labute approximate surface area is 125 Å². The van der Waals surface area contributed by atoms with Crippen molar-refractivity contribution in [2.45, 2.75) is 24.2 Å². The highest BCUT2D eigenvalue weighted by Gasteiger charge is 2.52. The highest BCUT2D eigenvalue weighted by molar-refractivity contribution is 7.90.